The van der Waals surface area contributed by atoms with Crippen LogP contribution in [0.15, 0.2) is 22.7 Å². The first-order valence-corrected chi connectivity index (χ1v) is 7.81. The van der Waals surface area contributed by atoms with Gasteiger partial charge in [0.15, 0.2) is 5.11 Å². The molecule has 7 heteroatoms. The fraction of sp³-hybridized carbons (Fsp3) is 0.429. The summed E-state index contributed by atoms with van der Waals surface area (Å²) in [6.45, 7) is 4.45. The molecule has 1 aliphatic rings. The molecule has 0 radical (unpaired) electrons. The molecule has 2 rings (SSSR count). The molecule has 5 nitrogen and oxygen atoms in total. The third kappa shape index (κ3) is 3.61. The van der Waals surface area contributed by atoms with E-state index in [9.17, 15) is 4.79 Å². The van der Waals surface area contributed by atoms with Gasteiger partial charge in [-0.3, -0.25) is 0 Å². The molecule has 1 aromatic rings. The SMILES string of the molecule is COCCOC(=O)C1=C(C)NC(=S)N[C@@H]1c1sccc1C. The van der Waals surface area contributed by atoms with Crippen LogP contribution in [-0.2, 0) is 14.3 Å². The van der Waals surface area contributed by atoms with Gasteiger partial charge in [0.2, 0.25) is 0 Å². The van der Waals surface area contributed by atoms with Crippen LogP contribution in [0.5, 0.6) is 0 Å². The number of ether oxygens (including phenoxy) is 2. The molecule has 0 aromatic carbocycles. The Morgan fingerprint density at radius 3 is 2.81 bits per heavy atom. The Kier molecular flexibility index (Phi) is 5.33. The molecule has 0 saturated heterocycles. The summed E-state index contributed by atoms with van der Waals surface area (Å²) in [6.07, 6.45) is 0. The summed E-state index contributed by atoms with van der Waals surface area (Å²) >= 11 is 6.79. The van der Waals surface area contributed by atoms with E-state index in [1.807, 2.05) is 25.3 Å². The highest BCUT2D eigenvalue weighted by Gasteiger charge is 2.32. The predicted molar refractivity (Wildman–Crippen MR) is 86.2 cm³/mol. The zero-order valence-corrected chi connectivity index (χ0v) is 13.8. The molecule has 0 bridgehead atoms. The molecule has 1 atom stereocenters. The highest BCUT2D eigenvalue weighted by Crippen LogP contribution is 2.32. The van der Waals surface area contributed by atoms with Crippen LogP contribution in [0.25, 0.3) is 0 Å². The molecule has 0 unspecified atom stereocenters. The number of hydrogen-bond acceptors (Lipinski definition) is 5. The molecular formula is C14H18N2O3S2. The van der Waals surface area contributed by atoms with Crippen molar-refractivity contribution in [2.75, 3.05) is 20.3 Å². The third-order valence-electron chi connectivity index (χ3n) is 3.17. The van der Waals surface area contributed by atoms with Gasteiger partial charge in [0.1, 0.15) is 6.61 Å². The number of thiophene rings is 1. The monoisotopic (exact) mass is 326 g/mol. The van der Waals surface area contributed by atoms with E-state index in [1.54, 1.807) is 18.4 Å². The number of carbonyl (C=O) groups is 1. The Labute approximate surface area is 133 Å². The van der Waals surface area contributed by atoms with E-state index < -0.39 is 0 Å². The summed E-state index contributed by atoms with van der Waals surface area (Å²) in [6, 6.07) is 1.75. The number of hydrogen-bond donors (Lipinski definition) is 2. The maximum absolute atomic E-state index is 12.4. The lowest BCUT2D eigenvalue weighted by atomic mass is 10.00. The van der Waals surface area contributed by atoms with E-state index >= 15 is 0 Å². The smallest absolute Gasteiger partial charge is 0.338 e. The second-order valence-corrected chi connectivity index (χ2v) is 6.02. The van der Waals surface area contributed by atoms with Gasteiger partial charge in [-0.05, 0) is 43.1 Å². The average molecular weight is 326 g/mol. The quantitative estimate of drug-likeness (QED) is 0.491. The molecule has 0 saturated carbocycles. The van der Waals surface area contributed by atoms with E-state index in [2.05, 4.69) is 10.6 Å². The number of esters is 1. The first kappa shape index (κ1) is 15.9. The molecule has 0 spiro atoms. The van der Waals surface area contributed by atoms with Crippen LogP contribution in [0.1, 0.15) is 23.4 Å². The molecule has 2 heterocycles. The van der Waals surface area contributed by atoms with Gasteiger partial charge in [0.25, 0.3) is 0 Å². The molecule has 1 aliphatic heterocycles. The predicted octanol–water partition coefficient (Wildman–Crippen LogP) is 2.04. The number of thiocarbonyl (C=S) groups is 1. The lowest BCUT2D eigenvalue weighted by Crippen LogP contribution is -2.45. The number of nitrogens with one attached hydrogen (secondary N) is 2. The van der Waals surface area contributed by atoms with Gasteiger partial charge in [-0.15, -0.1) is 11.3 Å². The van der Waals surface area contributed by atoms with Gasteiger partial charge in [-0.1, -0.05) is 0 Å². The number of allylic oxidation sites excluding steroid dienone is 1. The van der Waals surface area contributed by atoms with Crippen molar-refractivity contribution in [2.24, 2.45) is 0 Å². The van der Waals surface area contributed by atoms with Gasteiger partial charge >= 0.3 is 5.97 Å². The lowest BCUT2D eigenvalue weighted by Gasteiger charge is -2.29. The number of carbonyl (C=O) groups excluding carboxylic acids is 1. The summed E-state index contributed by atoms with van der Waals surface area (Å²) in [5, 5.41) is 8.65. The van der Waals surface area contributed by atoms with E-state index in [0.717, 1.165) is 16.1 Å². The summed E-state index contributed by atoms with van der Waals surface area (Å²) < 4.78 is 10.2. The third-order valence-corrected chi connectivity index (χ3v) is 4.48. The van der Waals surface area contributed by atoms with Crippen LogP contribution in [-0.4, -0.2) is 31.4 Å². The molecular weight excluding hydrogens is 308 g/mol. The van der Waals surface area contributed by atoms with Gasteiger partial charge in [-0.2, -0.15) is 0 Å². The van der Waals surface area contributed by atoms with Crippen molar-refractivity contribution in [2.45, 2.75) is 19.9 Å². The first-order valence-electron chi connectivity index (χ1n) is 6.53. The summed E-state index contributed by atoms with van der Waals surface area (Å²) in [4.78, 5) is 13.4. The van der Waals surface area contributed by atoms with Crippen LogP contribution in [0.2, 0.25) is 0 Å². The minimum absolute atomic E-state index is 0.229. The summed E-state index contributed by atoms with van der Waals surface area (Å²) in [5.41, 5.74) is 2.40. The first-order chi connectivity index (χ1) is 10.0. The maximum Gasteiger partial charge on any atom is 0.338 e. The Balaban J connectivity index is 2.28. The van der Waals surface area contributed by atoms with Gasteiger partial charge in [0.05, 0.1) is 18.2 Å². The van der Waals surface area contributed by atoms with Crippen LogP contribution in [0, 0.1) is 6.92 Å². The number of aryl methyl sites for hydroxylation is 1. The van der Waals surface area contributed by atoms with E-state index in [4.69, 9.17) is 21.7 Å². The molecule has 114 valence electrons. The van der Waals surface area contributed by atoms with Crippen LogP contribution < -0.4 is 10.6 Å². The average Bonchev–Trinajstić information content (AvgIpc) is 2.84. The highest BCUT2D eigenvalue weighted by atomic mass is 32.1. The molecule has 1 aromatic heterocycles. The summed E-state index contributed by atoms with van der Waals surface area (Å²) in [5.74, 6) is -0.357. The van der Waals surface area contributed by atoms with Gasteiger partial charge < -0.3 is 20.1 Å². The van der Waals surface area contributed by atoms with E-state index in [0.29, 0.717) is 17.3 Å². The zero-order valence-electron chi connectivity index (χ0n) is 12.2. The highest BCUT2D eigenvalue weighted by molar-refractivity contribution is 7.80. The Morgan fingerprint density at radius 1 is 1.43 bits per heavy atom. The standard InChI is InChI=1S/C14H18N2O3S2/c1-8-4-7-21-12(8)11-10(9(2)15-14(20)16-11)13(17)19-6-5-18-3/h4,7,11H,5-6H2,1-3H3,(H2,15,16,20)/t11-/m0/s1. The number of methoxy groups -OCH3 is 1. The summed E-state index contributed by atoms with van der Waals surface area (Å²) in [7, 11) is 1.57. The Bertz CT molecular complexity index is 581. The van der Waals surface area contributed by atoms with Crippen LogP contribution >= 0.6 is 23.6 Å². The second kappa shape index (κ2) is 7.02. The molecule has 2 N–H and O–H groups in total. The van der Waals surface area contributed by atoms with Crippen molar-refractivity contribution in [3.05, 3.63) is 33.2 Å². The fourth-order valence-corrected chi connectivity index (χ4v) is 3.39. The zero-order chi connectivity index (χ0) is 15.4. The lowest BCUT2D eigenvalue weighted by molar-refractivity contribution is -0.140. The molecule has 0 aliphatic carbocycles. The van der Waals surface area contributed by atoms with Crippen LogP contribution in [0.4, 0.5) is 0 Å². The second-order valence-electron chi connectivity index (χ2n) is 4.67. The maximum atomic E-state index is 12.4. The molecule has 21 heavy (non-hydrogen) atoms. The largest absolute Gasteiger partial charge is 0.460 e. The van der Waals surface area contributed by atoms with Crippen molar-refractivity contribution in [1.29, 1.82) is 0 Å². The van der Waals surface area contributed by atoms with Crippen molar-refractivity contribution in [1.82, 2.24) is 10.6 Å². The van der Waals surface area contributed by atoms with Crippen LogP contribution in [0.3, 0.4) is 0 Å². The van der Waals surface area contributed by atoms with E-state index in [1.165, 1.54) is 0 Å². The minimum atomic E-state index is -0.357. The Hall–Kier alpha value is -1.44. The molecule has 0 fully saturated rings. The van der Waals surface area contributed by atoms with Crippen molar-refractivity contribution in [3.63, 3.8) is 0 Å². The van der Waals surface area contributed by atoms with Gasteiger partial charge in [-0.25, -0.2) is 4.79 Å². The van der Waals surface area contributed by atoms with E-state index in [-0.39, 0.29) is 18.6 Å². The fourth-order valence-electron chi connectivity index (χ4n) is 2.14. The van der Waals surface area contributed by atoms with Crippen molar-refractivity contribution < 1.29 is 14.3 Å². The Morgan fingerprint density at radius 2 is 2.19 bits per heavy atom. The number of rotatable bonds is 5. The van der Waals surface area contributed by atoms with Gasteiger partial charge in [0, 0.05) is 17.7 Å². The minimum Gasteiger partial charge on any atom is -0.460 e. The normalized spacial score (nSPS) is 18.2. The molecule has 0 amide bonds. The van der Waals surface area contributed by atoms with Crippen molar-refractivity contribution in [3.8, 4) is 0 Å². The van der Waals surface area contributed by atoms with Crippen molar-refractivity contribution >= 4 is 34.6 Å². The topological polar surface area (TPSA) is 59.6 Å².